The summed E-state index contributed by atoms with van der Waals surface area (Å²) in [5.41, 5.74) is 3.95. The Kier molecular flexibility index (Phi) is 3.12. The van der Waals surface area contributed by atoms with Crippen molar-refractivity contribution in [3.8, 4) is 27.8 Å². The quantitative estimate of drug-likeness (QED) is 0.611. The lowest BCUT2D eigenvalue weighted by Crippen LogP contribution is -1.84. The molecule has 4 nitrogen and oxygen atoms in total. The second-order valence-corrected chi connectivity index (χ2v) is 5.73. The van der Waals surface area contributed by atoms with Gasteiger partial charge in [0.15, 0.2) is 10.8 Å². The van der Waals surface area contributed by atoms with Crippen LogP contribution in [-0.2, 0) is 0 Å². The summed E-state index contributed by atoms with van der Waals surface area (Å²) in [7, 11) is 1.67. The first-order valence-electron chi connectivity index (χ1n) is 6.88. The fourth-order valence-corrected chi connectivity index (χ4v) is 3.12. The summed E-state index contributed by atoms with van der Waals surface area (Å²) in [4.78, 5) is 12.6. The van der Waals surface area contributed by atoms with Gasteiger partial charge in [0.05, 0.1) is 23.8 Å². The van der Waals surface area contributed by atoms with Crippen LogP contribution in [0.25, 0.3) is 33.1 Å². The first-order valence-corrected chi connectivity index (χ1v) is 7.76. The molecule has 0 fully saturated rings. The molecule has 0 saturated carbocycles. The number of H-pyrrole nitrogens is 1. The molecule has 2 aromatic heterocycles. The van der Waals surface area contributed by atoms with E-state index in [2.05, 4.69) is 9.97 Å². The van der Waals surface area contributed by atoms with Crippen LogP contribution in [-0.4, -0.2) is 22.1 Å². The summed E-state index contributed by atoms with van der Waals surface area (Å²) in [5, 5.41) is 2.92. The summed E-state index contributed by atoms with van der Waals surface area (Å²) < 4.78 is 5.26. The van der Waals surface area contributed by atoms with Crippen molar-refractivity contribution in [2.45, 2.75) is 0 Å². The Bertz CT molecular complexity index is 909. The maximum absolute atomic E-state index is 5.26. The van der Waals surface area contributed by atoms with Gasteiger partial charge in [0, 0.05) is 10.9 Å². The number of nitrogens with one attached hydrogen (secondary N) is 1. The summed E-state index contributed by atoms with van der Waals surface area (Å²) in [5.74, 6) is 1.64. The largest absolute Gasteiger partial charge is 0.497 e. The van der Waals surface area contributed by atoms with Gasteiger partial charge in [-0.15, -0.1) is 11.3 Å². The Morgan fingerprint density at radius 2 is 1.95 bits per heavy atom. The number of para-hydroxylation sites is 2. The molecule has 0 amide bonds. The predicted octanol–water partition coefficient (Wildman–Crippen LogP) is 4.36. The van der Waals surface area contributed by atoms with E-state index in [-0.39, 0.29) is 0 Å². The van der Waals surface area contributed by atoms with Crippen LogP contribution < -0.4 is 4.74 Å². The van der Waals surface area contributed by atoms with Gasteiger partial charge in [-0.25, -0.2) is 9.97 Å². The minimum absolute atomic E-state index is 0.806. The number of rotatable bonds is 3. The summed E-state index contributed by atoms with van der Waals surface area (Å²) in [6, 6.07) is 15.9. The zero-order chi connectivity index (χ0) is 14.9. The average Bonchev–Trinajstić information content (AvgIpc) is 3.21. The maximum atomic E-state index is 5.26. The highest BCUT2D eigenvalue weighted by Crippen LogP contribution is 2.30. The molecule has 0 atom stereocenters. The van der Waals surface area contributed by atoms with Crippen molar-refractivity contribution in [2.75, 3.05) is 7.11 Å². The lowest BCUT2D eigenvalue weighted by Gasteiger charge is -2.01. The number of ether oxygens (including phenoxy) is 1. The van der Waals surface area contributed by atoms with Crippen molar-refractivity contribution in [3.63, 3.8) is 0 Å². The number of nitrogens with zero attached hydrogens (tertiary/aromatic N) is 2. The minimum Gasteiger partial charge on any atom is -0.497 e. The molecule has 0 aliphatic rings. The summed E-state index contributed by atoms with van der Waals surface area (Å²) in [6.45, 7) is 0. The Morgan fingerprint density at radius 3 is 2.82 bits per heavy atom. The minimum atomic E-state index is 0.806. The standard InChI is InChI=1S/C17H13N3OS/c1-21-12-6-4-5-11(9-12)15-10-22-17(20-15)16-18-13-7-2-3-8-14(13)19-16/h2-10H,1H3,(H,18,19). The highest BCUT2D eigenvalue weighted by molar-refractivity contribution is 7.13. The molecule has 2 heterocycles. The van der Waals surface area contributed by atoms with E-state index in [1.165, 1.54) is 0 Å². The lowest BCUT2D eigenvalue weighted by molar-refractivity contribution is 0.415. The van der Waals surface area contributed by atoms with E-state index in [9.17, 15) is 0 Å². The first kappa shape index (κ1) is 13.0. The number of hydrogen-bond donors (Lipinski definition) is 1. The Morgan fingerprint density at radius 1 is 1.05 bits per heavy atom. The van der Waals surface area contributed by atoms with Gasteiger partial charge in [-0.2, -0.15) is 0 Å². The van der Waals surface area contributed by atoms with Gasteiger partial charge < -0.3 is 9.72 Å². The van der Waals surface area contributed by atoms with Gasteiger partial charge in [-0.05, 0) is 24.3 Å². The van der Waals surface area contributed by atoms with Gasteiger partial charge >= 0.3 is 0 Å². The molecule has 0 radical (unpaired) electrons. The van der Waals surface area contributed by atoms with Crippen molar-refractivity contribution in [2.24, 2.45) is 0 Å². The normalized spacial score (nSPS) is 11.0. The Hall–Kier alpha value is -2.66. The molecular weight excluding hydrogens is 294 g/mol. The molecule has 1 N–H and O–H groups in total. The molecule has 0 spiro atoms. The molecule has 0 aliphatic heterocycles. The number of thiazole rings is 1. The number of imidazole rings is 1. The van der Waals surface area contributed by atoms with Crippen molar-refractivity contribution in [1.29, 1.82) is 0 Å². The van der Waals surface area contributed by atoms with E-state index in [1.807, 2.05) is 53.9 Å². The van der Waals surface area contributed by atoms with Crippen LogP contribution in [0.4, 0.5) is 0 Å². The lowest BCUT2D eigenvalue weighted by atomic mass is 10.2. The third kappa shape index (κ3) is 2.25. The fraction of sp³-hybridized carbons (Fsp3) is 0.0588. The zero-order valence-corrected chi connectivity index (χ0v) is 12.7. The smallest absolute Gasteiger partial charge is 0.167 e. The van der Waals surface area contributed by atoms with E-state index < -0.39 is 0 Å². The van der Waals surface area contributed by atoms with Gasteiger partial charge in [0.1, 0.15) is 5.75 Å². The molecule has 2 aromatic carbocycles. The van der Waals surface area contributed by atoms with E-state index in [1.54, 1.807) is 18.4 Å². The Balaban J connectivity index is 1.74. The third-order valence-electron chi connectivity index (χ3n) is 3.46. The molecule has 0 saturated heterocycles. The molecule has 0 unspecified atom stereocenters. The van der Waals surface area contributed by atoms with Gasteiger partial charge in [-0.1, -0.05) is 24.3 Å². The molecule has 22 heavy (non-hydrogen) atoms. The first-order chi connectivity index (χ1) is 10.8. The maximum Gasteiger partial charge on any atom is 0.167 e. The van der Waals surface area contributed by atoms with Crippen molar-refractivity contribution in [3.05, 3.63) is 53.9 Å². The SMILES string of the molecule is COc1cccc(-c2csc(-c3nc4ccccc4[nH]3)n2)c1. The molecule has 5 heteroatoms. The zero-order valence-electron chi connectivity index (χ0n) is 11.9. The number of hydrogen-bond acceptors (Lipinski definition) is 4. The number of benzene rings is 2. The van der Waals surface area contributed by atoms with Crippen LogP contribution in [0, 0.1) is 0 Å². The van der Waals surface area contributed by atoms with Crippen LogP contribution in [0.3, 0.4) is 0 Å². The number of fused-ring (bicyclic) bond motifs is 1. The summed E-state index contributed by atoms with van der Waals surface area (Å²) in [6.07, 6.45) is 0. The average molecular weight is 307 g/mol. The number of methoxy groups -OCH3 is 1. The fourth-order valence-electron chi connectivity index (χ4n) is 2.35. The third-order valence-corrected chi connectivity index (χ3v) is 4.31. The van der Waals surface area contributed by atoms with Crippen molar-refractivity contribution >= 4 is 22.4 Å². The predicted molar refractivity (Wildman–Crippen MR) is 89.2 cm³/mol. The molecule has 0 aliphatic carbocycles. The second-order valence-electron chi connectivity index (χ2n) is 4.87. The van der Waals surface area contributed by atoms with Crippen molar-refractivity contribution < 1.29 is 4.74 Å². The Labute approximate surface area is 131 Å². The van der Waals surface area contributed by atoms with Crippen LogP contribution in [0.15, 0.2) is 53.9 Å². The topological polar surface area (TPSA) is 50.8 Å². The van der Waals surface area contributed by atoms with E-state index in [0.717, 1.165) is 38.9 Å². The van der Waals surface area contributed by atoms with Gasteiger partial charge in [0.25, 0.3) is 0 Å². The summed E-state index contributed by atoms with van der Waals surface area (Å²) >= 11 is 1.58. The van der Waals surface area contributed by atoms with E-state index in [0.29, 0.717) is 0 Å². The van der Waals surface area contributed by atoms with Crippen LogP contribution in [0.5, 0.6) is 5.75 Å². The highest BCUT2D eigenvalue weighted by Gasteiger charge is 2.11. The molecule has 4 aromatic rings. The molecule has 4 rings (SSSR count). The van der Waals surface area contributed by atoms with Gasteiger partial charge in [-0.3, -0.25) is 0 Å². The number of aromatic amines is 1. The van der Waals surface area contributed by atoms with Crippen LogP contribution in [0.1, 0.15) is 0 Å². The monoisotopic (exact) mass is 307 g/mol. The van der Waals surface area contributed by atoms with Crippen molar-refractivity contribution in [1.82, 2.24) is 15.0 Å². The van der Waals surface area contributed by atoms with E-state index >= 15 is 0 Å². The molecular formula is C17H13N3OS. The molecule has 0 bridgehead atoms. The second kappa shape index (κ2) is 5.27. The number of aromatic nitrogens is 3. The highest BCUT2D eigenvalue weighted by atomic mass is 32.1. The van der Waals surface area contributed by atoms with Crippen LogP contribution >= 0.6 is 11.3 Å². The van der Waals surface area contributed by atoms with Crippen LogP contribution in [0.2, 0.25) is 0 Å². The molecule has 108 valence electrons. The van der Waals surface area contributed by atoms with E-state index in [4.69, 9.17) is 9.72 Å². The van der Waals surface area contributed by atoms with Gasteiger partial charge in [0.2, 0.25) is 0 Å².